The fraction of sp³-hybridized carbons (Fsp3) is 0.625. The third-order valence-electron chi connectivity index (χ3n) is 4.15. The zero-order chi connectivity index (χ0) is 13.0. The average molecular weight is 246 g/mol. The predicted octanol–water partition coefficient (Wildman–Crippen LogP) is 2.88. The normalized spacial score (nSPS) is 21.2. The maximum atomic E-state index is 3.33. The molecule has 1 aromatic rings. The highest BCUT2D eigenvalue weighted by molar-refractivity contribution is 5.29. The highest BCUT2D eigenvalue weighted by Gasteiger charge is 2.21. The van der Waals surface area contributed by atoms with Crippen LogP contribution in [-0.4, -0.2) is 31.1 Å². The van der Waals surface area contributed by atoms with Crippen LogP contribution in [0, 0.1) is 13.8 Å². The molecule has 100 valence electrons. The summed E-state index contributed by atoms with van der Waals surface area (Å²) in [5.41, 5.74) is 4.26. The molecule has 1 atom stereocenters. The first-order valence-corrected chi connectivity index (χ1v) is 7.15. The lowest BCUT2D eigenvalue weighted by Gasteiger charge is -2.35. The van der Waals surface area contributed by atoms with Gasteiger partial charge >= 0.3 is 0 Å². The van der Waals surface area contributed by atoms with E-state index in [9.17, 15) is 0 Å². The Kier molecular flexibility index (Phi) is 4.79. The van der Waals surface area contributed by atoms with E-state index in [1.165, 1.54) is 42.5 Å². The predicted molar refractivity (Wildman–Crippen MR) is 77.9 cm³/mol. The lowest BCUT2D eigenvalue weighted by atomic mass is 10.00. The first-order chi connectivity index (χ1) is 8.70. The Morgan fingerprint density at radius 2 is 2.06 bits per heavy atom. The molecule has 18 heavy (non-hydrogen) atoms. The third-order valence-corrected chi connectivity index (χ3v) is 4.15. The second-order valence-electron chi connectivity index (χ2n) is 5.60. The van der Waals surface area contributed by atoms with Crippen molar-refractivity contribution in [1.29, 1.82) is 0 Å². The van der Waals surface area contributed by atoms with Crippen LogP contribution < -0.4 is 5.32 Å². The second-order valence-corrected chi connectivity index (χ2v) is 5.60. The van der Waals surface area contributed by atoms with Gasteiger partial charge in [-0.1, -0.05) is 24.6 Å². The largest absolute Gasteiger partial charge is 0.318 e. The molecule has 2 rings (SSSR count). The van der Waals surface area contributed by atoms with Crippen LogP contribution in [0.25, 0.3) is 0 Å². The first kappa shape index (κ1) is 13.6. The molecule has 0 bridgehead atoms. The van der Waals surface area contributed by atoms with Gasteiger partial charge in [0.05, 0.1) is 0 Å². The quantitative estimate of drug-likeness (QED) is 0.879. The lowest BCUT2D eigenvalue weighted by Crippen LogP contribution is -2.44. The molecule has 0 radical (unpaired) electrons. The third kappa shape index (κ3) is 3.33. The van der Waals surface area contributed by atoms with Gasteiger partial charge < -0.3 is 5.32 Å². The SMILES string of the molecule is CNCC1CCCCN1Cc1ccc(C)c(C)c1. The van der Waals surface area contributed by atoms with Gasteiger partial charge in [0.2, 0.25) is 0 Å². The van der Waals surface area contributed by atoms with E-state index in [1.807, 2.05) is 0 Å². The van der Waals surface area contributed by atoms with Gasteiger partial charge in [0.25, 0.3) is 0 Å². The number of aryl methyl sites for hydroxylation is 2. The highest BCUT2D eigenvalue weighted by Crippen LogP contribution is 2.20. The van der Waals surface area contributed by atoms with Crippen LogP contribution in [0.15, 0.2) is 18.2 Å². The van der Waals surface area contributed by atoms with Crippen molar-refractivity contribution in [1.82, 2.24) is 10.2 Å². The van der Waals surface area contributed by atoms with E-state index in [0.717, 1.165) is 13.1 Å². The van der Waals surface area contributed by atoms with Crippen molar-refractivity contribution in [3.8, 4) is 0 Å². The molecular weight excluding hydrogens is 220 g/mol. The molecule has 0 spiro atoms. The van der Waals surface area contributed by atoms with Crippen molar-refractivity contribution in [2.24, 2.45) is 0 Å². The van der Waals surface area contributed by atoms with E-state index < -0.39 is 0 Å². The fourth-order valence-corrected chi connectivity index (χ4v) is 2.87. The highest BCUT2D eigenvalue weighted by atomic mass is 15.2. The Morgan fingerprint density at radius 3 is 2.78 bits per heavy atom. The number of benzene rings is 1. The zero-order valence-corrected chi connectivity index (χ0v) is 12.0. The molecule has 1 saturated heterocycles. The van der Waals surface area contributed by atoms with Crippen LogP contribution in [0.2, 0.25) is 0 Å². The summed E-state index contributed by atoms with van der Waals surface area (Å²) in [4.78, 5) is 2.64. The number of likely N-dealkylation sites (N-methyl/N-ethyl adjacent to an activating group) is 1. The van der Waals surface area contributed by atoms with Crippen LogP contribution in [0.3, 0.4) is 0 Å². The zero-order valence-electron chi connectivity index (χ0n) is 12.0. The van der Waals surface area contributed by atoms with Crippen molar-refractivity contribution in [3.63, 3.8) is 0 Å². The van der Waals surface area contributed by atoms with Gasteiger partial charge in [0, 0.05) is 19.1 Å². The number of nitrogens with one attached hydrogen (secondary N) is 1. The fourth-order valence-electron chi connectivity index (χ4n) is 2.87. The number of hydrogen-bond donors (Lipinski definition) is 1. The van der Waals surface area contributed by atoms with Crippen molar-refractivity contribution < 1.29 is 0 Å². The summed E-state index contributed by atoms with van der Waals surface area (Å²) in [7, 11) is 2.06. The van der Waals surface area contributed by atoms with Gasteiger partial charge in [-0.2, -0.15) is 0 Å². The van der Waals surface area contributed by atoms with Crippen molar-refractivity contribution >= 4 is 0 Å². The summed E-state index contributed by atoms with van der Waals surface area (Å²) in [6.45, 7) is 7.86. The summed E-state index contributed by atoms with van der Waals surface area (Å²) in [5.74, 6) is 0. The van der Waals surface area contributed by atoms with Crippen LogP contribution in [0.5, 0.6) is 0 Å². The summed E-state index contributed by atoms with van der Waals surface area (Å²) in [5, 5.41) is 3.33. The molecule has 0 aromatic heterocycles. The number of piperidine rings is 1. The van der Waals surface area contributed by atoms with Crippen LogP contribution in [0.4, 0.5) is 0 Å². The summed E-state index contributed by atoms with van der Waals surface area (Å²) < 4.78 is 0. The molecule has 1 aliphatic rings. The maximum Gasteiger partial charge on any atom is 0.0237 e. The smallest absolute Gasteiger partial charge is 0.0237 e. The van der Waals surface area contributed by atoms with Gasteiger partial charge in [-0.05, 0) is 57.0 Å². The topological polar surface area (TPSA) is 15.3 Å². The number of hydrogen-bond acceptors (Lipinski definition) is 2. The van der Waals surface area contributed by atoms with Crippen molar-refractivity contribution in [2.75, 3.05) is 20.1 Å². The molecule has 1 heterocycles. The van der Waals surface area contributed by atoms with Gasteiger partial charge in [0.1, 0.15) is 0 Å². The van der Waals surface area contributed by atoms with Crippen LogP contribution >= 0.6 is 0 Å². The average Bonchev–Trinajstić information content (AvgIpc) is 2.37. The number of rotatable bonds is 4. The molecule has 0 aliphatic carbocycles. The minimum absolute atomic E-state index is 0.713. The standard InChI is InChI=1S/C16H26N2/c1-13-7-8-15(10-14(13)2)12-18-9-5-4-6-16(18)11-17-3/h7-8,10,16-17H,4-6,9,11-12H2,1-3H3. The van der Waals surface area contributed by atoms with E-state index in [0.29, 0.717) is 6.04 Å². The Labute approximate surface area is 111 Å². The Hall–Kier alpha value is -0.860. The molecule has 1 aromatic carbocycles. The van der Waals surface area contributed by atoms with Crippen molar-refractivity contribution in [2.45, 2.75) is 45.7 Å². The van der Waals surface area contributed by atoms with E-state index in [-0.39, 0.29) is 0 Å². The summed E-state index contributed by atoms with van der Waals surface area (Å²) in [6, 6.07) is 7.60. The maximum absolute atomic E-state index is 3.33. The minimum atomic E-state index is 0.713. The molecule has 2 heteroatoms. The Morgan fingerprint density at radius 1 is 1.22 bits per heavy atom. The monoisotopic (exact) mass is 246 g/mol. The van der Waals surface area contributed by atoms with Gasteiger partial charge in [-0.15, -0.1) is 0 Å². The van der Waals surface area contributed by atoms with E-state index in [4.69, 9.17) is 0 Å². The second kappa shape index (κ2) is 6.35. The van der Waals surface area contributed by atoms with Crippen molar-refractivity contribution in [3.05, 3.63) is 34.9 Å². The van der Waals surface area contributed by atoms with E-state index in [1.54, 1.807) is 0 Å². The molecule has 1 N–H and O–H groups in total. The Bertz CT molecular complexity index is 385. The van der Waals surface area contributed by atoms with Gasteiger partial charge in [0.15, 0.2) is 0 Å². The molecule has 1 unspecified atom stereocenters. The molecule has 0 saturated carbocycles. The first-order valence-electron chi connectivity index (χ1n) is 7.15. The van der Waals surface area contributed by atoms with E-state index in [2.05, 4.69) is 49.3 Å². The van der Waals surface area contributed by atoms with Crippen LogP contribution in [-0.2, 0) is 6.54 Å². The van der Waals surface area contributed by atoms with Crippen LogP contribution in [0.1, 0.15) is 36.0 Å². The molecular formula is C16H26N2. The summed E-state index contributed by atoms with van der Waals surface area (Å²) >= 11 is 0. The number of nitrogens with zero attached hydrogens (tertiary/aromatic N) is 1. The lowest BCUT2D eigenvalue weighted by molar-refractivity contribution is 0.139. The molecule has 0 amide bonds. The number of likely N-dealkylation sites (tertiary alicyclic amines) is 1. The molecule has 1 fully saturated rings. The molecule has 2 nitrogen and oxygen atoms in total. The summed E-state index contributed by atoms with van der Waals surface area (Å²) in [6.07, 6.45) is 4.08. The Balaban J connectivity index is 2.03. The van der Waals surface area contributed by atoms with Gasteiger partial charge in [-0.25, -0.2) is 0 Å². The minimum Gasteiger partial charge on any atom is -0.318 e. The van der Waals surface area contributed by atoms with E-state index >= 15 is 0 Å². The molecule has 1 aliphatic heterocycles. The van der Waals surface area contributed by atoms with Gasteiger partial charge in [-0.3, -0.25) is 4.90 Å².